The molecule has 0 radical (unpaired) electrons. The Bertz CT molecular complexity index is 868. The van der Waals surface area contributed by atoms with Crippen LogP contribution in [-0.4, -0.2) is 41.9 Å². The highest BCUT2D eigenvalue weighted by molar-refractivity contribution is 6.74. The number of carbonyl (C=O) groups is 1. The van der Waals surface area contributed by atoms with Gasteiger partial charge in [0.25, 0.3) is 0 Å². The predicted octanol–water partition coefficient (Wildman–Crippen LogP) is 9.13. The number of allylic oxidation sites excluding steroid dienone is 1. The lowest BCUT2D eigenvalue weighted by Gasteiger charge is -2.50. The van der Waals surface area contributed by atoms with Crippen molar-refractivity contribution in [2.45, 2.75) is 143 Å². The van der Waals surface area contributed by atoms with Gasteiger partial charge >= 0.3 is 5.97 Å². The molecule has 0 bridgehead atoms. The Balaban J connectivity index is 1.83. The van der Waals surface area contributed by atoms with E-state index in [0.717, 1.165) is 13.0 Å². The third-order valence-electron chi connectivity index (χ3n) is 11.8. The molecule has 6 heteroatoms. The summed E-state index contributed by atoms with van der Waals surface area (Å²) < 4.78 is 19.1. The van der Waals surface area contributed by atoms with E-state index in [1.54, 1.807) is 6.08 Å². The van der Waals surface area contributed by atoms with Crippen LogP contribution in [0.3, 0.4) is 0 Å². The van der Waals surface area contributed by atoms with Gasteiger partial charge in [0, 0.05) is 18.8 Å². The van der Waals surface area contributed by atoms with Crippen LogP contribution in [0.25, 0.3) is 0 Å². The Morgan fingerprint density at radius 2 is 1.61 bits per heavy atom. The average Bonchev–Trinajstić information content (AvgIpc) is 3.33. The lowest BCUT2D eigenvalue weighted by Crippen LogP contribution is -2.50. The van der Waals surface area contributed by atoms with Crippen molar-refractivity contribution in [1.29, 1.82) is 0 Å². The van der Waals surface area contributed by atoms with Crippen LogP contribution < -0.4 is 0 Å². The monoisotopic (exact) mass is 564 g/mol. The summed E-state index contributed by atoms with van der Waals surface area (Å²) in [6.45, 7) is 29.3. The van der Waals surface area contributed by atoms with Crippen LogP contribution in [0.4, 0.5) is 0 Å². The maximum absolute atomic E-state index is 12.2. The summed E-state index contributed by atoms with van der Waals surface area (Å²) in [5.41, 5.74) is 0.530. The molecule has 6 atom stereocenters. The molecule has 0 aromatic carbocycles. The van der Waals surface area contributed by atoms with Gasteiger partial charge in [0.2, 0.25) is 0 Å². The normalized spacial score (nSPS) is 34.4. The second-order valence-electron chi connectivity index (χ2n) is 16.1. The molecule has 0 spiro atoms. The van der Waals surface area contributed by atoms with E-state index in [4.69, 9.17) is 13.6 Å². The largest absolute Gasteiger partial charge is 0.463 e. The summed E-state index contributed by atoms with van der Waals surface area (Å²) in [6.07, 6.45) is 12.9. The van der Waals surface area contributed by atoms with Crippen LogP contribution in [0.15, 0.2) is 12.2 Å². The number of carbonyl (C=O) groups excluding carboxylic acids is 1. The van der Waals surface area contributed by atoms with Crippen LogP contribution in [0.1, 0.15) is 100 Å². The van der Waals surface area contributed by atoms with E-state index < -0.39 is 16.6 Å². The molecule has 4 nitrogen and oxygen atoms in total. The Labute approximate surface area is 237 Å². The highest BCUT2D eigenvalue weighted by atomic mass is 28.4. The molecule has 3 fully saturated rings. The first-order valence-corrected chi connectivity index (χ1v) is 21.3. The molecule has 3 aliphatic rings. The quantitative estimate of drug-likeness (QED) is 0.151. The summed E-state index contributed by atoms with van der Waals surface area (Å²) >= 11 is 0. The summed E-state index contributed by atoms with van der Waals surface area (Å²) in [5.74, 6) is 1.54. The lowest BCUT2D eigenvalue weighted by atomic mass is 9.60. The van der Waals surface area contributed by atoms with Gasteiger partial charge in [0.15, 0.2) is 16.6 Å². The SMILES string of the molecule is CCOC(=O)C=CC1CC1(CCO[Si](C)(C)C(C)(C)C)C1CCC2[C@@H](O[Si](C)(C)C(C)(C)C)CCC[C@@]21C. The highest BCUT2D eigenvalue weighted by Crippen LogP contribution is 2.72. The number of fused-ring (bicyclic) bond motifs is 1. The summed E-state index contributed by atoms with van der Waals surface area (Å²) in [5, 5.41) is 0.454. The molecule has 0 saturated heterocycles. The van der Waals surface area contributed by atoms with Crippen LogP contribution in [0.5, 0.6) is 0 Å². The number of rotatable bonds is 10. The van der Waals surface area contributed by atoms with Gasteiger partial charge in [-0.2, -0.15) is 0 Å². The van der Waals surface area contributed by atoms with E-state index >= 15 is 0 Å². The molecular weight excluding hydrogens is 505 g/mol. The first kappa shape index (κ1) is 32.1. The smallest absolute Gasteiger partial charge is 0.330 e. The minimum atomic E-state index is -1.82. The first-order valence-electron chi connectivity index (χ1n) is 15.5. The lowest BCUT2D eigenvalue weighted by molar-refractivity contribution is -0.137. The van der Waals surface area contributed by atoms with E-state index in [0.29, 0.717) is 35.9 Å². The molecule has 0 heterocycles. The minimum absolute atomic E-state index is 0.207. The average molecular weight is 565 g/mol. The molecule has 0 N–H and O–H groups in total. The van der Waals surface area contributed by atoms with Crippen LogP contribution in [-0.2, 0) is 18.4 Å². The standard InChI is InChI=1S/C32H60O4Si2/c1-13-34-28(33)19-16-24-23-32(24,21-22-35-37(9,10)29(2,3)4)27-18-17-25-26(15-14-20-31(25,27)8)36-38(11,12)30(5,6)7/h16,19,24-27H,13-15,17-18,20-23H2,1-12H3/t24?,25?,26-,27?,31-,32?/m0/s1. The number of hydrogen-bond donors (Lipinski definition) is 0. The fourth-order valence-corrected chi connectivity index (χ4v) is 9.77. The Morgan fingerprint density at radius 3 is 2.18 bits per heavy atom. The summed E-state index contributed by atoms with van der Waals surface area (Å²) in [4.78, 5) is 12.2. The van der Waals surface area contributed by atoms with E-state index in [-0.39, 0.29) is 21.5 Å². The number of hydrogen-bond acceptors (Lipinski definition) is 4. The van der Waals surface area contributed by atoms with Gasteiger partial charge in [-0.1, -0.05) is 61.0 Å². The zero-order valence-corrected chi connectivity index (χ0v) is 29.0. The molecule has 3 aliphatic carbocycles. The summed E-state index contributed by atoms with van der Waals surface area (Å²) in [7, 11) is -3.62. The Morgan fingerprint density at radius 1 is 0.974 bits per heavy atom. The third kappa shape index (κ3) is 6.39. The Kier molecular flexibility index (Phi) is 9.37. The number of ether oxygens (including phenoxy) is 1. The number of esters is 1. The zero-order chi connectivity index (χ0) is 28.8. The van der Waals surface area contributed by atoms with Gasteiger partial charge in [-0.25, -0.2) is 4.79 Å². The molecule has 0 aliphatic heterocycles. The van der Waals surface area contributed by atoms with Crippen molar-refractivity contribution in [2.24, 2.45) is 28.6 Å². The van der Waals surface area contributed by atoms with Gasteiger partial charge in [0.1, 0.15) is 0 Å². The minimum Gasteiger partial charge on any atom is -0.463 e. The highest BCUT2D eigenvalue weighted by Gasteiger charge is 2.66. The van der Waals surface area contributed by atoms with Gasteiger partial charge in [-0.05, 0) is 110 Å². The van der Waals surface area contributed by atoms with Gasteiger partial charge in [-0.3, -0.25) is 0 Å². The van der Waals surface area contributed by atoms with Crippen molar-refractivity contribution in [2.75, 3.05) is 13.2 Å². The van der Waals surface area contributed by atoms with Crippen molar-refractivity contribution < 1.29 is 18.4 Å². The molecule has 220 valence electrons. The van der Waals surface area contributed by atoms with E-state index in [2.05, 4.69) is 80.7 Å². The van der Waals surface area contributed by atoms with Crippen LogP contribution in [0, 0.1) is 28.6 Å². The van der Waals surface area contributed by atoms with Crippen molar-refractivity contribution in [1.82, 2.24) is 0 Å². The Hall–Kier alpha value is -0.436. The molecule has 3 rings (SSSR count). The molecule has 0 aromatic rings. The zero-order valence-electron chi connectivity index (χ0n) is 27.0. The van der Waals surface area contributed by atoms with Crippen LogP contribution >= 0.6 is 0 Å². The van der Waals surface area contributed by atoms with Gasteiger partial charge in [-0.15, -0.1) is 0 Å². The maximum Gasteiger partial charge on any atom is 0.330 e. The fourth-order valence-electron chi connectivity index (χ4n) is 7.33. The topological polar surface area (TPSA) is 44.8 Å². The molecule has 4 unspecified atom stereocenters. The summed E-state index contributed by atoms with van der Waals surface area (Å²) in [6, 6.07) is 0. The van der Waals surface area contributed by atoms with Gasteiger partial charge < -0.3 is 13.6 Å². The van der Waals surface area contributed by atoms with Crippen LogP contribution in [0.2, 0.25) is 36.3 Å². The second-order valence-corrected chi connectivity index (χ2v) is 25.6. The van der Waals surface area contributed by atoms with Crippen molar-refractivity contribution in [3.63, 3.8) is 0 Å². The maximum atomic E-state index is 12.2. The first-order chi connectivity index (χ1) is 17.3. The second kappa shape index (κ2) is 11.1. The molecular formula is C32H60O4Si2. The van der Waals surface area contributed by atoms with E-state index in [1.807, 2.05) is 6.92 Å². The van der Waals surface area contributed by atoms with Crippen molar-refractivity contribution in [3.8, 4) is 0 Å². The molecule has 38 heavy (non-hydrogen) atoms. The molecule has 3 saturated carbocycles. The molecule has 0 aromatic heterocycles. The van der Waals surface area contributed by atoms with Crippen molar-refractivity contribution in [3.05, 3.63) is 12.2 Å². The molecule has 0 amide bonds. The van der Waals surface area contributed by atoms with Gasteiger partial charge in [0.05, 0.1) is 6.61 Å². The predicted molar refractivity (Wildman–Crippen MR) is 164 cm³/mol. The fraction of sp³-hybridized carbons (Fsp3) is 0.906. The third-order valence-corrected chi connectivity index (χ3v) is 20.8. The van der Waals surface area contributed by atoms with Crippen molar-refractivity contribution >= 4 is 22.6 Å². The van der Waals surface area contributed by atoms with E-state index in [1.165, 1.54) is 38.5 Å². The van der Waals surface area contributed by atoms with E-state index in [9.17, 15) is 4.79 Å².